The van der Waals surface area contributed by atoms with Gasteiger partial charge in [0.05, 0.1) is 0 Å². The first-order chi connectivity index (χ1) is 8.15. The van der Waals surface area contributed by atoms with Gasteiger partial charge in [0.15, 0.2) is 0 Å². The first-order valence-corrected chi connectivity index (χ1v) is 5.69. The quantitative estimate of drug-likeness (QED) is 0.815. The van der Waals surface area contributed by atoms with Crippen molar-refractivity contribution in [3.05, 3.63) is 59.2 Å². The molecule has 2 aromatic rings. The van der Waals surface area contributed by atoms with Gasteiger partial charge in [0.2, 0.25) is 0 Å². The van der Waals surface area contributed by atoms with Gasteiger partial charge in [0.25, 0.3) is 0 Å². The van der Waals surface area contributed by atoms with Crippen LogP contribution in [0.1, 0.15) is 16.7 Å². The van der Waals surface area contributed by atoms with E-state index in [-0.39, 0.29) is 0 Å². The third kappa shape index (κ3) is 3.00. The van der Waals surface area contributed by atoms with Crippen LogP contribution in [0.4, 0.5) is 5.69 Å². The van der Waals surface area contributed by atoms with Crippen LogP contribution in [0, 0.1) is 13.8 Å². The fraction of sp³-hybridized carbons (Fsp3) is 0.200. The highest BCUT2D eigenvalue weighted by Crippen LogP contribution is 2.20. The molecular weight excluding hydrogens is 210 g/mol. The fourth-order valence-electron chi connectivity index (χ4n) is 1.74. The lowest BCUT2D eigenvalue weighted by Gasteiger charge is -2.09. The summed E-state index contributed by atoms with van der Waals surface area (Å²) in [4.78, 5) is 0. The van der Waals surface area contributed by atoms with Crippen LogP contribution in [-0.4, -0.2) is 0 Å². The number of benzene rings is 2. The van der Waals surface area contributed by atoms with Crippen LogP contribution in [0.3, 0.4) is 0 Å². The molecule has 0 fully saturated rings. The summed E-state index contributed by atoms with van der Waals surface area (Å²) in [6.45, 7) is 4.71. The van der Waals surface area contributed by atoms with Gasteiger partial charge in [0.1, 0.15) is 12.4 Å². The molecule has 0 amide bonds. The summed E-state index contributed by atoms with van der Waals surface area (Å²) in [6.07, 6.45) is 0. The highest BCUT2D eigenvalue weighted by molar-refractivity contribution is 5.39. The van der Waals surface area contributed by atoms with Crippen LogP contribution in [0.2, 0.25) is 0 Å². The van der Waals surface area contributed by atoms with Gasteiger partial charge in [-0.25, -0.2) is 0 Å². The van der Waals surface area contributed by atoms with Gasteiger partial charge >= 0.3 is 0 Å². The van der Waals surface area contributed by atoms with Crippen molar-refractivity contribution in [2.75, 3.05) is 5.73 Å². The fourth-order valence-corrected chi connectivity index (χ4v) is 1.74. The van der Waals surface area contributed by atoms with Gasteiger partial charge in [0, 0.05) is 5.69 Å². The van der Waals surface area contributed by atoms with Crippen molar-refractivity contribution < 1.29 is 4.74 Å². The van der Waals surface area contributed by atoms with E-state index >= 15 is 0 Å². The Kier molecular flexibility index (Phi) is 3.33. The summed E-state index contributed by atoms with van der Waals surface area (Å²) in [5.41, 5.74) is 9.96. The Hall–Kier alpha value is -1.96. The Labute approximate surface area is 102 Å². The Balaban J connectivity index is 2.04. The topological polar surface area (TPSA) is 35.2 Å². The van der Waals surface area contributed by atoms with Crippen molar-refractivity contribution in [1.82, 2.24) is 0 Å². The van der Waals surface area contributed by atoms with Gasteiger partial charge < -0.3 is 10.5 Å². The highest BCUT2D eigenvalue weighted by Gasteiger charge is 2.00. The van der Waals surface area contributed by atoms with Gasteiger partial charge in [-0.1, -0.05) is 29.8 Å². The Morgan fingerprint density at radius 3 is 2.35 bits per heavy atom. The lowest BCUT2D eigenvalue weighted by Crippen LogP contribution is -1.97. The lowest BCUT2D eigenvalue weighted by atomic mass is 10.1. The van der Waals surface area contributed by atoms with E-state index in [4.69, 9.17) is 10.5 Å². The number of nitrogens with two attached hydrogens (primary N) is 1. The van der Waals surface area contributed by atoms with Crippen LogP contribution in [0.5, 0.6) is 5.75 Å². The zero-order chi connectivity index (χ0) is 12.3. The average molecular weight is 227 g/mol. The van der Waals surface area contributed by atoms with E-state index in [1.807, 2.05) is 30.3 Å². The van der Waals surface area contributed by atoms with Gasteiger partial charge in [-0.3, -0.25) is 0 Å². The third-order valence-corrected chi connectivity index (χ3v) is 2.70. The Bertz CT molecular complexity index is 503. The van der Waals surface area contributed by atoms with E-state index in [9.17, 15) is 0 Å². The van der Waals surface area contributed by atoms with Crippen molar-refractivity contribution in [3.63, 3.8) is 0 Å². The second-order valence-corrected chi connectivity index (χ2v) is 4.30. The molecule has 0 spiro atoms. The average Bonchev–Trinajstić information content (AvgIpc) is 2.30. The second-order valence-electron chi connectivity index (χ2n) is 4.30. The molecule has 0 bridgehead atoms. The summed E-state index contributed by atoms with van der Waals surface area (Å²) < 4.78 is 5.78. The van der Waals surface area contributed by atoms with Crippen LogP contribution >= 0.6 is 0 Å². The molecule has 2 aromatic carbocycles. The smallest absolute Gasteiger partial charge is 0.122 e. The molecule has 2 nitrogen and oxygen atoms in total. The molecular formula is C15H17NO. The number of rotatable bonds is 3. The first kappa shape index (κ1) is 11.5. The molecule has 0 radical (unpaired) electrons. The number of nitrogen functional groups attached to an aromatic ring is 1. The van der Waals surface area contributed by atoms with Crippen molar-refractivity contribution in [3.8, 4) is 5.75 Å². The summed E-state index contributed by atoms with van der Waals surface area (Å²) in [7, 11) is 0. The normalized spacial score (nSPS) is 10.2. The molecule has 0 aliphatic carbocycles. The molecule has 0 heterocycles. The van der Waals surface area contributed by atoms with E-state index in [1.165, 1.54) is 11.1 Å². The van der Waals surface area contributed by atoms with Crippen LogP contribution < -0.4 is 10.5 Å². The minimum atomic E-state index is 0.574. The SMILES string of the molecule is Cc1ccc(OCc2ccc(N)cc2)c(C)c1. The van der Waals surface area contributed by atoms with Gasteiger partial charge in [-0.15, -0.1) is 0 Å². The van der Waals surface area contributed by atoms with Crippen LogP contribution in [0.25, 0.3) is 0 Å². The molecule has 0 aromatic heterocycles. The van der Waals surface area contributed by atoms with Crippen LogP contribution in [0.15, 0.2) is 42.5 Å². The Morgan fingerprint density at radius 2 is 1.71 bits per heavy atom. The van der Waals surface area contributed by atoms with E-state index in [1.54, 1.807) is 0 Å². The van der Waals surface area contributed by atoms with Crippen molar-refractivity contribution in [2.24, 2.45) is 0 Å². The molecule has 0 atom stereocenters. The maximum absolute atomic E-state index is 5.78. The summed E-state index contributed by atoms with van der Waals surface area (Å²) in [5, 5.41) is 0. The molecule has 0 aliphatic heterocycles. The number of ether oxygens (including phenoxy) is 1. The number of hydrogen-bond acceptors (Lipinski definition) is 2. The standard InChI is InChI=1S/C15H17NO/c1-11-3-8-15(12(2)9-11)17-10-13-4-6-14(16)7-5-13/h3-9H,10,16H2,1-2H3. The summed E-state index contributed by atoms with van der Waals surface area (Å²) in [6, 6.07) is 13.9. The predicted molar refractivity (Wildman–Crippen MR) is 71.1 cm³/mol. The minimum Gasteiger partial charge on any atom is -0.489 e. The summed E-state index contributed by atoms with van der Waals surface area (Å²) in [5.74, 6) is 0.937. The molecule has 2 heteroatoms. The monoisotopic (exact) mass is 227 g/mol. The van der Waals surface area contributed by atoms with Gasteiger partial charge in [-0.2, -0.15) is 0 Å². The molecule has 0 saturated heterocycles. The van der Waals surface area contributed by atoms with E-state index in [2.05, 4.69) is 26.0 Å². The molecule has 88 valence electrons. The molecule has 2 rings (SSSR count). The molecule has 2 N–H and O–H groups in total. The summed E-state index contributed by atoms with van der Waals surface area (Å²) >= 11 is 0. The van der Waals surface area contributed by atoms with E-state index in [0.717, 1.165) is 17.0 Å². The van der Waals surface area contributed by atoms with Gasteiger partial charge in [-0.05, 0) is 43.2 Å². The number of aryl methyl sites for hydroxylation is 2. The second kappa shape index (κ2) is 4.91. The van der Waals surface area contributed by atoms with E-state index < -0.39 is 0 Å². The molecule has 17 heavy (non-hydrogen) atoms. The maximum Gasteiger partial charge on any atom is 0.122 e. The number of hydrogen-bond donors (Lipinski definition) is 1. The largest absolute Gasteiger partial charge is 0.489 e. The first-order valence-electron chi connectivity index (χ1n) is 5.69. The minimum absolute atomic E-state index is 0.574. The maximum atomic E-state index is 5.78. The highest BCUT2D eigenvalue weighted by atomic mass is 16.5. The van der Waals surface area contributed by atoms with Crippen molar-refractivity contribution in [1.29, 1.82) is 0 Å². The predicted octanol–water partition coefficient (Wildman–Crippen LogP) is 3.46. The molecule has 0 aliphatic rings. The zero-order valence-electron chi connectivity index (χ0n) is 10.2. The van der Waals surface area contributed by atoms with Crippen molar-refractivity contribution in [2.45, 2.75) is 20.5 Å². The van der Waals surface area contributed by atoms with Crippen LogP contribution in [-0.2, 0) is 6.61 Å². The molecule has 0 unspecified atom stereocenters. The molecule has 0 saturated carbocycles. The van der Waals surface area contributed by atoms with E-state index in [0.29, 0.717) is 6.61 Å². The lowest BCUT2D eigenvalue weighted by molar-refractivity contribution is 0.304. The number of anilines is 1. The third-order valence-electron chi connectivity index (χ3n) is 2.70. The van der Waals surface area contributed by atoms with Crippen molar-refractivity contribution >= 4 is 5.69 Å². The zero-order valence-corrected chi connectivity index (χ0v) is 10.2. The Morgan fingerprint density at radius 1 is 1.00 bits per heavy atom.